The molecule has 2 heterocycles. The van der Waals surface area contributed by atoms with Gasteiger partial charge in [0.05, 0.1) is 17.8 Å². The van der Waals surface area contributed by atoms with Gasteiger partial charge in [-0.15, -0.1) is 0 Å². The molecule has 14 heavy (non-hydrogen) atoms. The normalized spacial score (nSPS) is 10.8. The third kappa shape index (κ3) is 1.55. The van der Waals surface area contributed by atoms with Crippen LogP contribution in [-0.4, -0.2) is 15.0 Å². The molecule has 0 amide bonds. The zero-order valence-electron chi connectivity index (χ0n) is 8.59. The van der Waals surface area contributed by atoms with Gasteiger partial charge in [-0.05, 0) is 20.8 Å². The first-order chi connectivity index (χ1) is 6.66. The average molecular weight is 191 g/mol. The van der Waals surface area contributed by atoms with Crippen LogP contribution in [0.3, 0.4) is 0 Å². The van der Waals surface area contributed by atoms with Gasteiger partial charge in [0, 0.05) is 5.69 Å². The van der Waals surface area contributed by atoms with Gasteiger partial charge >= 0.3 is 0 Å². The molecule has 0 aliphatic rings. The van der Waals surface area contributed by atoms with Gasteiger partial charge in [0.2, 0.25) is 0 Å². The second kappa shape index (κ2) is 3.29. The molecular formula is C10H13N3O. The van der Waals surface area contributed by atoms with Crippen molar-refractivity contribution >= 4 is 0 Å². The maximum absolute atomic E-state index is 5.12. The highest BCUT2D eigenvalue weighted by Crippen LogP contribution is 2.11. The third-order valence-electron chi connectivity index (χ3n) is 2.36. The number of imidazole rings is 1. The summed E-state index contributed by atoms with van der Waals surface area (Å²) < 4.78 is 5.12. The number of aromatic amines is 1. The highest BCUT2D eigenvalue weighted by Gasteiger charge is 2.08. The number of hydrogen-bond donors (Lipinski definition) is 1. The summed E-state index contributed by atoms with van der Waals surface area (Å²) in [5, 5.41) is 0. The van der Waals surface area contributed by atoms with Gasteiger partial charge < -0.3 is 9.40 Å². The van der Waals surface area contributed by atoms with E-state index in [9.17, 15) is 0 Å². The molecular weight excluding hydrogens is 178 g/mol. The number of rotatable bonds is 2. The first kappa shape index (κ1) is 8.99. The fourth-order valence-corrected chi connectivity index (χ4v) is 1.36. The first-order valence-corrected chi connectivity index (χ1v) is 4.58. The van der Waals surface area contributed by atoms with Crippen LogP contribution in [-0.2, 0) is 6.42 Å². The van der Waals surface area contributed by atoms with Gasteiger partial charge in [-0.3, -0.25) is 0 Å². The maximum Gasteiger partial charge on any atom is 0.181 e. The van der Waals surface area contributed by atoms with E-state index in [1.165, 1.54) is 6.39 Å². The summed E-state index contributed by atoms with van der Waals surface area (Å²) in [6.45, 7) is 5.91. The van der Waals surface area contributed by atoms with Crippen molar-refractivity contribution in [3.63, 3.8) is 0 Å². The zero-order valence-corrected chi connectivity index (χ0v) is 8.59. The molecule has 2 aromatic rings. The Balaban J connectivity index is 2.23. The minimum atomic E-state index is 0.705. The van der Waals surface area contributed by atoms with Crippen LogP contribution in [0.1, 0.15) is 28.7 Å². The molecule has 1 N–H and O–H groups in total. The van der Waals surface area contributed by atoms with E-state index in [1.54, 1.807) is 0 Å². The van der Waals surface area contributed by atoms with Crippen molar-refractivity contribution in [3.8, 4) is 0 Å². The molecule has 74 valence electrons. The number of nitrogens with zero attached hydrogens (tertiary/aromatic N) is 2. The minimum absolute atomic E-state index is 0.705. The lowest BCUT2D eigenvalue weighted by Crippen LogP contribution is -1.93. The van der Waals surface area contributed by atoms with E-state index < -0.39 is 0 Å². The Morgan fingerprint density at radius 3 is 2.64 bits per heavy atom. The first-order valence-electron chi connectivity index (χ1n) is 4.58. The lowest BCUT2D eigenvalue weighted by Gasteiger charge is -1.92. The summed E-state index contributed by atoms with van der Waals surface area (Å²) in [6, 6.07) is 0. The van der Waals surface area contributed by atoms with Crippen LogP contribution in [0.15, 0.2) is 10.8 Å². The summed E-state index contributed by atoms with van der Waals surface area (Å²) in [5.74, 6) is 1.80. The minimum Gasteiger partial charge on any atom is -0.449 e. The Hall–Kier alpha value is -1.58. The van der Waals surface area contributed by atoms with Crippen LogP contribution in [0.2, 0.25) is 0 Å². The van der Waals surface area contributed by atoms with E-state index in [1.807, 2.05) is 20.8 Å². The predicted octanol–water partition coefficient (Wildman–Crippen LogP) is 1.91. The molecule has 0 fully saturated rings. The number of nitrogens with one attached hydrogen (secondary N) is 1. The average Bonchev–Trinajstić information content (AvgIpc) is 2.63. The molecule has 4 heteroatoms. The number of H-pyrrole nitrogens is 1. The second-order valence-electron chi connectivity index (χ2n) is 3.43. The molecule has 0 saturated heterocycles. The predicted molar refractivity (Wildman–Crippen MR) is 52.1 cm³/mol. The fraction of sp³-hybridized carbons (Fsp3) is 0.400. The Kier molecular flexibility index (Phi) is 2.11. The number of oxazole rings is 1. The largest absolute Gasteiger partial charge is 0.449 e. The molecule has 4 nitrogen and oxygen atoms in total. The van der Waals surface area contributed by atoms with Crippen LogP contribution in [0.4, 0.5) is 0 Å². The van der Waals surface area contributed by atoms with Crippen molar-refractivity contribution in [2.24, 2.45) is 0 Å². The van der Waals surface area contributed by atoms with E-state index in [2.05, 4.69) is 15.0 Å². The quantitative estimate of drug-likeness (QED) is 0.788. The van der Waals surface area contributed by atoms with Gasteiger partial charge in [-0.2, -0.15) is 0 Å². The lowest BCUT2D eigenvalue weighted by atomic mass is 10.2. The molecule has 0 atom stereocenters. The Morgan fingerprint density at radius 2 is 2.14 bits per heavy atom. The molecule has 0 spiro atoms. The van der Waals surface area contributed by atoms with Crippen molar-refractivity contribution in [2.45, 2.75) is 27.2 Å². The monoisotopic (exact) mass is 191 g/mol. The van der Waals surface area contributed by atoms with Crippen molar-refractivity contribution in [1.82, 2.24) is 15.0 Å². The molecule has 0 saturated carbocycles. The van der Waals surface area contributed by atoms with Gasteiger partial charge in [0.1, 0.15) is 11.6 Å². The SMILES string of the molecule is Cc1nc(Cc2ncoc2C)[nH]c1C. The molecule has 0 unspecified atom stereocenters. The second-order valence-corrected chi connectivity index (χ2v) is 3.43. The third-order valence-corrected chi connectivity index (χ3v) is 2.36. The smallest absolute Gasteiger partial charge is 0.181 e. The van der Waals surface area contributed by atoms with Crippen molar-refractivity contribution in [3.05, 3.63) is 35.1 Å². The van der Waals surface area contributed by atoms with Crippen LogP contribution in [0.5, 0.6) is 0 Å². The lowest BCUT2D eigenvalue weighted by molar-refractivity contribution is 0.524. The molecule has 0 aromatic carbocycles. The van der Waals surface area contributed by atoms with Gasteiger partial charge in [-0.1, -0.05) is 0 Å². The highest BCUT2D eigenvalue weighted by molar-refractivity contribution is 5.16. The van der Waals surface area contributed by atoms with Crippen LogP contribution >= 0.6 is 0 Å². The molecule has 0 radical (unpaired) electrons. The van der Waals surface area contributed by atoms with Gasteiger partial charge in [0.25, 0.3) is 0 Å². The molecule has 2 aromatic heterocycles. The summed E-state index contributed by atoms with van der Waals surface area (Å²) in [4.78, 5) is 11.7. The number of hydrogen-bond acceptors (Lipinski definition) is 3. The number of aromatic nitrogens is 3. The van der Waals surface area contributed by atoms with E-state index in [0.29, 0.717) is 6.42 Å². The standard InChI is InChI=1S/C10H13N3O/c1-6-7(2)13-10(12-6)4-9-8(3)14-5-11-9/h5H,4H2,1-3H3,(H,12,13). The van der Waals surface area contributed by atoms with Gasteiger partial charge in [0.15, 0.2) is 6.39 Å². The summed E-state index contributed by atoms with van der Waals surface area (Å²) >= 11 is 0. The van der Waals surface area contributed by atoms with Crippen LogP contribution in [0, 0.1) is 20.8 Å². The van der Waals surface area contributed by atoms with E-state index in [4.69, 9.17) is 4.42 Å². The summed E-state index contributed by atoms with van der Waals surface area (Å²) in [6.07, 6.45) is 2.17. The van der Waals surface area contributed by atoms with Crippen molar-refractivity contribution in [2.75, 3.05) is 0 Å². The molecule has 0 bridgehead atoms. The molecule has 0 aliphatic carbocycles. The van der Waals surface area contributed by atoms with Crippen molar-refractivity contribution in [1.29, 1.82) is 0 Å². The Bertz CT molecular complexity index is 422. The maximum atomic E-state index is 5.12. The topological polar surface area (TPSA) is 54.7 Å². The van der Waals surface area contributed by atoms with Crippen LogP contribution < -0.4 is 0 Å². The van der Waals surface area contributed by atoms with E-state index in [-0.39, 0.29) is 0 Å². The molecule has 0 aliphatic heterocycles. The zero-order chi connectivity index (χ0) is 10.1. The fourth-order valence-electron chi connectivity index (χ4n) is 1.36. The Morgan fingerprint density at radius 1 is 1.36 bits per heavy atom. The van der Waals surface area contributed by atoms with Gasteiger partial charge in [-0.25, -0.2) is 9.97 Å². The van der Waals surface area contributed by atoms with Crippen LogP contribution in [0.25, 0.3) is 0 Å². The highest BCUT2D eigenvalue weighted by atomic mass is 16.3. The summed E-state index contributed by atoms with van der Waals surface area (Å²) in [7, 11) is 0. The number of aryl methyl sites for hydroxylation is 3. The summed E-state index contributed by atoms with van der Waals surface area (Å²) in [5.41, 5.74) is 3.10. The Labute approximate surface area is 82.4 Å². The van der Waals surface area contributed by atoms with E-state index >= 15 is 0 Å². The van der Waals surface area contributed by atoms with E-state index in [0.717, 1.165) is 28.7 Å². The molecule has 2 rings (SSSR count). The van der Waals surface area contributed by atoms with Crippen molar-refractivity contribution < 1.29 is 4.42 Å².